The lowest BCUT2D eigenvalue weighted by Crippen LogP contribution is -2.58. The van der Waals surface area contributed by atoms with Gasteiger partial charge in [0.1, 0.15) is 16.5 Å². The molecule has 4 aliphatic heterocycles. The molecule has 2 amide bonds. The fraction of sp³-hybridized carbons (Fsp3) is 0.514. The maximum absolute atomic E-state index is 14.6. The first kappa shape index (κ1) is 32.4. The van der Waals surface area contributed by atoms with Gasteiger partial charge in [0.15, 0.2) is 5.17 Å². The summed E-state index contributed by atoms with van der Waals surface area (Å²) in [4.78, 5) is 40.8. The first-order valence-corrected chi connectivity index (χ1v) is 17.3. The van der Waals surface area contributed by atoms with E-state index in [9.17, 15) is 9.59 Å². The Balaban J connectivity index is 0.00000357. The van der Waals surface area contributed by atoms with E-state index in [0.29, 0.717) is 27.9 Å². The number of thioether (sulfide) groups is 1. The highest BCUT2D eigenvalue weighted by Crippen LogP contribution is 2.56. The van der Waals surface area contributed by atoms with Crippen molar-refractivity contribution in [3.63, 3.8) is 0 Å². The lowest BCUT2D eigenvalue weighted by atomic mass is 9.81. The quantitative estimate of drug-likeness (QED) is 0.365. The van der Waals surface area contributed by atoms with Crippen molar-refractivity contribution in [2.45, 2.75) is 90.0 Å². The molecule has 5 aliphatic rings. The fourth-order valence-corrected chi connectivity index (χ4v) is 9.19. The van der Waals surface area contributed by atoms with Crippen LogP contribution in [0.25, 0.3) is 0 Å². The maximum atomic E-state index is 14.6. The number of rotatable bonds is 5. The number of fused-ring (bicyclic) bond motifs is 1. The normalized spacial score (nSPS) is 28.5. The van der Waals surface area contributed by atoms with E-state index in [4.69, 9.17) is 28.2 Å². The standard InChI is InChI=1S/C34H39Cl2N5O2S.CH4/c1-20(2)27-28(31(43)40-21(3)5-14-26(40)30(42)39-18-17-37-34(19-39)15-16-34)44-32-38-33(4,23-8-12-25(36)13-9-23)29(41(27)32)22-6-10-24(35)11-7-22;/h6-13,20-21,26,29,37H,5,14-19H2,1-4H3;1H4/t21-,26+,29-,33+;/m1./s1. The zero-order valence-corrected chi connectivity index (χ0v) is 28.0. The third-order valence-electron chi connectivity index (χ3n) is 10.1. The molecule has 2 aromatic carbocycles. The van der Waals surface area contributed by atoms with Crippen LogP contribution in [-0.2, 0) is 15.1 Å². The molecule has 1 saturated carbocycles. The van der Waals surface area contributed by atoms with Gasteiger partial charge in [0.05, 0.1) is 6.04 Å². The number of likely N-dealkylation sites (tertiary alicyclic amines) is 1. The number of carbonyl (C=O) groups is 2. The van der Waals surface area contributed by atoms with Gasteiger partial charge in [-0.15, -0.1) is 0 Å². The zero-order valence-electron chi connectivity index (χ0n) is 25.6. The molecular formula is C35H43Cl2N5O2S. The van der Waals surface area contributed by atoms with Gasteiger partial charge in [-0.05, 0) is 92.6 Å². The number of nitrogens with zero attached hydrogens (tertiary/aromatic N) is 4. The molecule has 1 N–H and O–H groups in total. The molecule has 2 aromatic rings. The molecule has 2 saturated heterocycles. The fourth-order valence-electron chi connectivity index (χ4n) is 7.59. The summed E-state index contributed by atoms with van der Waals surface area (Å²) in [6.07, 6.45) is 3.75. The molecule has 10 heteroatoms. The number of piperazine rings is 1. The van der Waals surface area contributed by atoms with Gasteiger partial charge in [-0.1, -0.05) is 68.7 Å². The highest BCUT2D eigenvalue weighted by atomic mass is 35.5. The van der Waals surface area contributed by atoms with E-state index < -0.39 is 11.6 Å². The molecule has 3 fully saturated rings. The van der Waals surface area contributed by atoms with Crippen LogP contribution in [-0.4, -0.2) is 68.9 Å². The van der Waals surface area contributed by atoms with Crippen molar-refractivity contribution >= 4 is 51.9 Å². The number of benzene rings is 2. The summed E-state index contributed by atoms with van der Waals surface area (Å²) in [7, 11) is 0. The summed E-state index contributed by atoms with van der Waals surface area (Å²) >= 11 is 14.1. The van der Waals surface area contributed by atoms with Gasteiger partial charge in [-0.2, -0.15) is 0 Å². The summed E-state index contributed by atoms with van der Waals surface area (Å²) in [6.45, 7) is 10.7. The Labute approximate surface area is 281 Å². The second-order valence-corrected chi connectivity index (χ2v) is 15.3. The van der Waals surface area contributed by atoms with Crippen LogP contribution >= 0.6 is 35.0 Å². The van der Waals surface area contributed by atoms with Crippen LogP contribution in [0.5, 0.6) is 0 Å². The van der Waals surface area contributed by atoms with Crippen molar-refractivity contribution in [3.05, 3.63) is 80.3 Å². The van der Waals surface area contributed by atoms with E-state index in [1.165, 1.54) is 11.8 Å². The zero-order chi connectivity index (χ0) is 31.0. The maximum Gasteiger partial charge on any atom is 0.263 e. The lowest BCUT2D eigenvalue weighted by Gasteiger charge is -2.38. The molecule has 0 aromatic heterocycles. The summed E-state index contributed by atoms with van der Waals surface area (Å²) in [5.41, 5.74) is 2.53. The third kappa shape index (κ3) is 5.49. The van der Waals surface area contributed by atoms with Gasteiger partial charge >= 0.3 is 0 Å². The minimum Gasteiger partial charge on any atom is -0.338 e. The van der Waals surface area contributed by atoms with Crippen LogP contribution in [0.1, 0.15) is 78.0 Å². The number of halogens is 2. The van der Waals surface area contributed by atoms with Crippen molar-refractivity contribution in [2.75, 3.05) is 19.6 Å². The van der Waals surface area contributed by atoms with Gasteiger partial charge < -0.3 is 20.0 Å². The number of nitrogens with one attached hydrogen (secondary N) is 1. The minimum absolute atomic E-state index is 0. The van der Waals surface area contributed by atoms with Crippen LogP contribution in [0, 0.1) is 5.92 Å². The van der Waals surface area contributed by atoms with Crippen molar-refractivity contribution in [2.24, 2.45) is 10.9 Å². The minimum atomic E-state index is -0.629. The average molecular weight is 669 g/mol. The Bertz CT molecular complexity index is 1550. The summed E-state index contributed by atoms with van der Waals surface area (Å²) in [5, 5.41) is 5.75. The molecule has 0 radical (unpaired) electrons. The smallest absolute Gasteiger partial charge is 0.263 e. The molecule has 240 valence electrons. The Morgan fingerprint density at radius 2 is 1.67 bits per heavy atom. The van der Waals surface area contributed by atoms with Crippen LogP contribution in [0.3, 0.4) is 0 Å². The molecule has 7 rings (SSSR count). The number of hydrogen-bond acceptors (Lipinski definition) is 6. The molecule has 1 aliphatic carbocycles. The Hall–Kier alpha value is -2.52. The monoisotopic (exact) mass is 667 g/mol. The molecule has 0 bridgehead atoms. The highest BCUT2D eigenvalue weighted by Gasteiger charge is 2.55. The summed E-state index contributed by atoms with van der Waals surface area (Å²) < 4.78 is 0. The van der Waals surface area contributed by atoms with E-state index in [1.807, 2.05) is 46.2 Å². The second kappa shape index (κ2) is 11.9. The number of allylic oxidation sites excluding steroid dienone is 1. The van der Waals surface area contributed by atoms with Crippen LogP contribution in [0.15, 0.2) is 64.1 Å². The molecule has 4 heterocycles. The molecule has 1 spiro atoms. The number of aliphatic imine (C=N–C) groups is 1. The van der Waals surface area contributed by atoms with Gasteiger partial charge in [-0.25, -0.2) is 4.99 Å². The number of hydrogen-bond donors (Lipinski definition) is 1. The van der Waals surface area contributed by atoms with Crippen molar-refractivity contribution in [1.29, 1.82) is 0 Å². The third-order valence-corrected chi connectivity index (χ3v) is 11.7. The van der Waals surface area contributed by atoms with Crippen LogP contribution < -0.4 is 5.32 Å². The molecule has 0 unspecified atom stereocenters. The molecule has 4 atom stereocenters. The molecule has 7 nitrogen and oxygen atoms in total. The van der Waals surface area contributed by atoms with Gasteiger partial charge in [0.2, 0.25) is 5.91 Å². The van der Waals surface area contributed by atoms with Gasteiger partial charge in [0.25, 0.3) is 5.91 Å². The van der Waals surface area contributed by atoms with Crippen molar-refractivity contribution in [3.8, 4) is 0 Å². The Morgan fingerprint density at radius 3 is 2.29 bits per heavy atom. The second-order valence-electron chi connectivity index (χ2n) is 13.5. The number of amidine groups is 1. The van der Waals surface area contributed by atoms with Gasteiger partial charge in [-0.3, -0.25) is 9.59 Å². The first-order chi connectivity index (χ1) is 21.0. The number of amides is 2. The average Bonchev–Trinajstić information content (AvgIpc) is 3.31. The van der Waals surface area contributed by atoms with Crippen LogP contribution in [0.2, 0.25) is 10.0 Å². The number of carbonyl (C=O) groups excluding carboxylic acids is 2. The summed E-state index contributed by atoms with van der Waals surface area (Å²) in [5.74, 6) is 0.0855. The predicted molar refractivity (Wildman–Crippen MR) is 184 cm³/mol. The van der Waals surface area contributed by atoms with E-state index >= 15 is 0 Å². The topological polar surface area (TPSA) is 68.2 Å². The predicted octanol–water partition coefficient (Wildman–Crippen LogP) is 7.22. The molecule has 45 heavy (non-hydrogen) atoms. The van der Waals surface area contributed by atoms with E-state index in [1.54, 1.807) is 0 Å². The Kier molecular flexibility index (Phi) is 8.60. The van der Waals surface area contributed by atoms with Crippen molar-refractivity contribution in [1.82, 2.24) is 20.0 Å². The summed E-state index contributed by atoms with van der Waals surface area (Å²) in [6, 6.07) is 15.2. The largest absolute Gasteiger partial charge is 0.338 e. The first-order valence-electron chi connectivity index (χ1n) is 15.7. The lowest BCUT2D eigenvalue weighted by molar-refractivity contribution is -0.144. The Morgan fingerprint density at radius 1 is 1.02 bits per heavy atom. The van der Waals surface area contributed by atoms with E-state index in [2.05, 4.69) is 50.0 Å². The van der Waals surface area contributed by atoms with Gasteiger partial charge in [0, 0.05) is 47.0 Å². The van der Waals surface area contributed by atoms with Crippen molar-refractivity contribution < 1.29 is 9.59 Å². The molecular weight excluding hydrogens is 625 g/mol. The van der Waals surface area contributed by atoms with Crippen LogP contribution in [0.4, 0.5) is 0 Å². The van der Waals surface area contributed by atoms with E-state index in [-0.39, 0.29) is 42.8 Å². The SMILES string of the molecule is C.CC(C)C1=C(C(=O)N2[C@H](C)CC[C@H]2C(=O)N2CCNC3(CC3)C2)SC2=N[C@@](C)(c3ccc(Cl)cc3)[C@@H](c3ccc(Cl)cc3)N21. The van der Waals surface area contributed by atoms with E-state index in [0.717, 1.165) is 54.3 Å². The highest BCUT2D eigenvalue weighted by molar-refractivity contribution is 8.18.